The molecule has 0 spiro atoms. The lowest BCUT2D eigenvalue weighted by Crippen LogP contribution is -2.30. The Hall–Kier alpha value is -1.95. The first-order valence-corrected chi connectivity index (χ1v) is 13.0. The summed E-state index contributed by atoms with van der Waals surface area (Å²) in [4.78, 5) is 20.5. The number of sulfonamides is 1. The maximum Gasteiger partial charge on any atom is 0.243 e. The number of fused-ring (bicyclic) bond motifs is 1. The van der Waals surface area contributed by atoms with Crippen molar-refractivity contribution in [3.8, 4) is 0 Å². The van der Waals surface area contributed by atoms with Crippen molar-refractivity contribution in [3.05, 3.63) is 29.3 Å². The van der Waals surface area contributed by atoms with Crippen molar-refractivity contribution in [2.45, 2.75) is 50.0 Å². The zero-order chi connectivity index (χ0) is 21.9. The van der Waals surface area contributed by atoms with Gasteiger partial charge in [0.05, 0.1) is 21.6 Å². The molecule has 0 fully saturated rings. The van der Waals surface area contributed by atoms with Crippen molar-refractivity contribution in [2.75, 3.05) is 18.4 Å². The SMILES string of the molecule is CCN(CC)S(=O)(=O)c1ccc2c(c1)nc(SCc1csc(NC(C)=O)n1)n2CC. The number of thioether (sulfide) groups is 1. The number of amides is 1. The molecule has 2 heterocycles. The topological polar surface area (TPSA) is 97.2 Å². The quantitative estimate of drug-likeness (QED) is 0.481. The molecule has 30 heavy (non-hydrogen) atoms. The summed E-state index contributed by atoms with van der Waals surface area (Å²) in [5.74, 6) is 0.455. The van der Waals surface area contributed by atoms with Gasteiger partial charge in [-0.25, -0.2) is 18.4 Å². The predicted octanol–water partition coefficient (Wildman–Crippen LogP) is 3.79. The van der Waals surface area contributed by atoms with Crippen LogP contribution >= 0.6 is 23.1 Å². The normalized spacial score (nSPS) is 12.0. The number of hydrogen-bond donors (Lipinski definition) is 1. The molecule has 0 radical (unpaired) electrons. The van der Waals surface area contributed by atoms with Gasteiger partial charge in [-0.05, 0) is 25.1 Å². The van der Waals surface area contributed by atoms with Gasteiger partial charge in [0.25, 0.3) is 0 Å². The minimum Gasteiger partial charge on any atom is -0.319 e. The number of thiazole rings is 1. The van der Waals surface area contributed by atoms with Gasteiger partial charge in [-0.2, -0.15) is 4.31 Å². The van der Waals surface area contributed by atoms with Crippen LogP contribution in [0, 0.1) is 0 Å². The van der Waals surface area contributed by atoms with Crippen LogP contribution in [0.4, 0.5) is 5.13 Å². The van der Waals surface area contributed by atoms with Crippen LogP contribution in [-0.2, 0) is 27.1 Å². The lowest BCUT2D eigenvalue weighted by atomic mass is 10.3. The number of carbonyl (C=O) groups excluding carboxylic acids is 1. The predicted molar refractivity (Wildman–Crippen MR) is 121 cm³/mol. The summed E-state index contributed by atoms with van der Waals surface area (Å²) < 4.78 is 29.2. The van der Waals surface area contributed by atoms with Gasteiger partial charge >= 0.3 is 0 Å². The van der Waals surface area contributed by atoms with Gasteiger partial charge in [0, 0.05) is 37.7 Å². The summed E-state index contributed by atoms with van der Waals surface area (Å²) in [7, 11) is -3.53. The van der Waals surface area contributed by atoms with Crippen LogP contribution < -0.4 is 5.32 Å². The molecule has 0 aliphatic heterocycles. The number of imidazole rings is 1. The van der Waals surface area contributed by atoms with E-state index in [-0.39, 0.29) is 10.8 Å². The minimum atomic E-state index is -3.53. The number of aryl methyl sites for hydroxylation is 1. The fourth-order valence-electron chi connectivity index (χ4n) is 3.10. The van der Waals surface area contributed by atoms with E-state index in [1.54, 1.807) is 12.1 Å². The van der Waals surface area contributed by atoms with Crippen LogP contribution in [0.3, 0.4) is 0 Å². The van der Waals surface area contributed by atoms with Gasteiger partial charge < -0.3 is 9.88 Å². The van der Waals surface area contributed by atoms with E-state index in [1.807, 2.05) is 32.2 Å². The Labute approximate surface area is 184 Å². The first kappa shape index (κ1) is 22.7. The molecule has 11 heteroatoms. The lowest BCUT2D eigenvalue weighted by molar-refractivity contribution is -0.114. The Kier molecular flexibility index (Phi) is 7.17. The third-order valence-corrected chi connectivity index (χ3v) is 8.39. The number of carbonyl (C=O) groups is 1. The van der Waals surface area contributed by atoms with Crippen LogP contribution in [0.2, 0.25) is 0 Å². The molecule has 3 rings (SSSR count). The standard InChI is InChI=1S/C19H25N5O3S3/c1-5-23(6-2)30(26,27)15-8-9-17-16(10-15)22-19(24(17)7-3)29-12-14-11-28-18(21-14)20-13(4)25/h8-11H,5-7,12H2,1-4H3,(H,20,21,25). The minimum absolute atomic E-state index is 0.146. The van der Waals surface area contributed by atoms with Gasteiger partial charge in [0.15, 0.2) is 10.3 Å². The van der Waals surface area contributed by atoms with E-state index in [0.717, 1.165) is 22.9 Å². The van der Waals surface area contributed by atoms with Gasteiger partial charge in [0.2, 0.25) is 15.9 Å². The Morgan fingerprint density at radius 1 is 1.23 bits per heavy atom. The van der Waals surface area contributed by atoms with Crippen molar-refractivity contribution >= 4 is 55.2 Å². The summed E-state index contributed by atoms with van der Waals surface area (Å²) in [5.41, 5.74) is 2.41. The van der Waals surface area contributed by atoms with Crippen molar-refractivity contribution < 1.29 is 13.2 Å². The zero-order valence-electron chi connectivity index (χ0n) is 17.4. The van der Waals surface area contributed by atoms with Crippen LogP contribution in [0.5, 0.6) is 0 Å². The second-order valence-electron chi connectivity index (χ2n) is 6.49. The van der Waals surface area contributed by atoms with Gasteiger partial charge in [-0.1, -0.05) is 25.6 Å². The number of rotatable bonds is 9. The highest BCUT2D eigenvalue weighted by Crippen LogP contribution is 2.29. The maximum atomic E-state index is 12.8. The highest BCUT2D eigenvalue weighted by molar-refractivity contribution is 7.98. The average molecular weight is 468 g/mol. The van der Waals surface area contributed by atoms with Crippen molar-refractivity contribution in [1.82, 2.24) is 18.8 Å². The largest absolute Gasteiger partial charge is 0.319 e. The molecular weight excluding hydrogens is 442 g/mol. The summed E-state index contributed by atoms with van der Waals surface area (Å²) in [5, 5.41) is 5.97. The lowest BCUT2D eigenvalue weighted by Gasteiger charge is -2.18. The van der Waals surface area contributed by atoms with Gasteiger partial charge in [-0.3, -0.25) is 4.79 Å². The number of benzene rings is 1. The van der Waals surface area contributed by atoms with E-state index in [9.17, 15) is 13.2 Å². The molecular formula is C19H25N5O3S3. The Morgan fingerprint density at radius 3 is 2.60 bits per heavy atom. The summed E-state index contributed by atoms with van der Waals surface area (Å²) >= 11 is 2.92. The zero-order valence-corrected chi connectivity index (χ0v) is 19.8. The smallest absolute Gasteiger partial charge is 0.243 e. The van der Waals surface area contributed by atoms with Crippen LogP contribution in [0.25, 0.3) is 11.0 Å². The number of nitrogens with zero attached hydrogens (tertiary/aromatic N) is 4. The molecule has 1 N–H and O–H groups in total. The molecule has 0 unspecified atom stereocenters. The second kappa shape index (κ2) is 9.46. The van der Waals surface area contributed by atoms with E-state index in [2.05, 4.69) is 19.9 Å². The maximum absolute atomic E-state index is 12.8. The molecule has 1 amide bonds. The van der Waals surface area contributed by atoms with E-state index in [1.165, 1.54) is 34.3 Å². The van der Waals surface area contributed by atoms with E-state index >= 15 is 0 Å². The van der Waals surface area contributed by atoms with Crippen molar-refractivity contribution in [2.24, 2.45) is 0 Å². The molecule has 0 bridgehead atoms. The molecule has 162 valence electrons. The van der Waals surface area contributed by atoms with Gasteiger partial charge in [-0.15, -0.1) is 11.3 Å². The molecule has 0 saturated carbocycles. The van der Waals surface area contributed by atoms with E-state index in [4.69, 9.17) is 0 Å². The van der Waals surface area contributed by atoms with Crippen LogP contribution in [0.1, 0.15) is 33.4 Å². The number of aromatic nitrogens is 3. The van der Waals surface area contributed by atoms with E-state index in [0.29, 0.717) is 29.5 Å². The van der Waals surface area contributed by atoms with Crippen molar-refractivity contribution in [3.63, 3.8) is 0 Å². The fourth-order valence-corrected chi connectivity index (χ4v) is 6.41. The highest BCUT2D eigenvalue weighted by atomic mass is 32.2. The molecule has 3 aromatic rings. The number of anilines is 1. The third-order valence-electron chi connectivity index (χ3n) is 4.53. The third kappa shape index (κ3) is 4.69. The van der Waals surface area contributed by atoms with Gasteiger partial charge in [0.1, 0.15) is 0 Å². The molecule has 2 aromatic heterocycles. The van der Waals surface area contributed by atoms with Crippen molar-refractivity contribution in [1.29, 1.82) is 0 Å². The Bertz CT molecular complexity index is 1150. The van der Waals surface area contributed by atoms with Crippen LogP contribution in [-0.4, -0.2) is 46.3 Å². The first-order valence-electron chi connectivity index (χ1n) is 9.65. The Balaban J connectivity index is 1.87. The number of hydrogen-bond acceptors (Lipinski definition) is 7. The monoisotopic (exact) mass is 467 g/mol. The first-order chi connectivity index (χ1) is 14.3. The molecule has 0 aliphatic rings. The number of nitrogens with one attached hydrogen (secondary N) is 1. The molecule has 0 saturated heterocycles. The molecule has 1 aromatic carbocycles. The summed E-state index contributed by atoms with van der Waals surface area (Å²) in [6, 6.07) is 5.12. The second-order valence-corrected chi connectivity index (χ2v) is 10.2. The van der Waals surface area contributed by atoms with Crippen LogP contribution in [0.15, 0.2) is 33.6 Å². The average Bonchev–Trinajstić information content (AvgIpc) is 3.29. The highest BCUT2D eigenvalue weighted by Gasteiger charge is 2.23. The molecule has 8 nitrogen and oxygen atoms in total. The summed E-state index contributed by atoms with van der Waals surface area (Å²) in [6.45, 7) is 8.71. The summed E-state index contributed by atoms with van der Waals surface area (Å²) in [6.07, 6.45) is 0. The molecule has 0 atom stereocenters. The Morgan fingerprint density at radius 2 is 1.97 bits per heavy atom. The fraction of sp³-hybridized carbons (Fsp3) is 0.421. The van der Waals surface area contributed by atoms with E-state index < -0.39 is 10.0 Å². The molecule has 0 aliphatic carbocycles.